The van der Waals surface area contributed by atoms with Crippen LogP contribution in [0.1, 0.15) is 6.92 Å². The standard InChI is InChI=1S/C29H33N7O2/c1-20(27-19-31-13-16-37-27)38-24-9-10-26(32-18-24)25-4-2-3-21-17-33-29(35-28(21)25)34-22-5-7-23(8-6-22)36-14-11-30-12-15-36/h2-10,17-18,20,27,30-31H,11-16,19H2,1H3,(H,33,34,35). The summed E-state index contributed by atoms with van der Waals surface area (Å²) in [7, 11) is 0. The molecule has 0 amide bonds. The molecule has 3 N–H and O–H groups in total. The lowest BCUT2D eigenvalue weighted by Gasteiger charge is -2.29. The minimum Gasteiger partial charge on any atom is -0.486 e. The van der Waals surface area contributed by atoms with E-state index in [9.17, 15) is 0 Å². The van der Waals surface area contributed by atoms with E-state index in [1.807, 2.05) is 43.5 Å². The van der Waals surface area contributed by atoms with Crippen LogP contribution in [0.2, 0.25) is 0 Å². The highest BCUT2D eigenvalue weighted by Crippen LogP contribution is 2.28. The number of anilines is 3. The van der Waals surface area contributed by atoms with Crippen molar-refractivity contribution in [3.8, 4) is 17.0 Å². The van der Waals surface area contributed by atoms with Crippen LogP contribution in [0.4, 0.5) is 17.3 Å². The van der Waals surface area contributed by atoms with Crippen molar-refractivity contribution in [2.45, 2.75) is 19.1 Å². The third-order valence-electron chi connectivity index (χ3n) is 7.03. The molecule has 0 bridgehead atoms. The van der Waals surface area contributed by atoms with Crippen LogP contribution in [0.5, 0.6) is 5.75 Å². The molecule has 196 valence electrons. The van der Waals surface area contributed by atoms with Crippen LogP contribution in [0.15, 0.2) is 67.0 Å². The Hall–Kier alpha value is -3.79. The topological polar surface area (TPSA) is 96.5 Å². The van der Waals surface area contributed by atoms with Crippen LogP contribution < -0.4 is 25.6 Å². The molecule has 0 saturated carbocycles. The Morgan fingerprint density at radius 3 is 2.61 bits per heavy atom. The fraction of sp³-hybridized carbons (Fsp3) is 0.345. The van der Waals surface area contributed by atoms with E-state index in [0.29, 0.717) is 12.6 Å². The summed E-state index contributed by atoms with van der Waals surface area (Å²) in [5.41, 5.74) is 4.80. The van der Waals surface area contributed by atoms with Crippen molar-refractivity contribution in [2.75, 3.05) is 56.1 Å². The van der Waals surface area contributed by atoms with Crippen molar-refractivity contribution < 1.29 is 9.47 Å². The summed E-state index contributed by atoms with van der Waals surface area (Å²) in [6.45, 7) is 8.49. The van der Waals surface area contributed by atoms with Crippen molar-refractivity contribution in [3.05, 3.63) is 67.0 Å². The zero-order chi connectivity index (χ0) is 25.7. The number of piperazine rings is 1. The molecule has 2 fully saturated rings. The first-order valence-electron chi connectivity index (χ1n) is 13.3. The summed E-state index contributed by atoms with van der Waals surface area (Å²) in [4.78, 5) is 16.5. The molecular formula is C29H33N7O2. The molecule has 9 heteroatoms. The van der Waals surface area contributed by atoms with Gasteiger partial charge in [0.2, 0.25) is 5.95 Å². The highest BCUT2D eigenvalue weighted by molar-refractivity contribution is 5.93. The number of benzene rings is 2. The van der Waals surface area contributed by atoms with Gasteiger partial charge in [-0.3, -0.25) is 4.98 Å². The van der Waals surface area contributed by atoms with Gasteiger partial charge in [0.15, 0.2) is 0 Å². The lowest BCUT2D eigenvalue weighted by molar-refractivity contribution is -0.0351. The zero-order valence-electron chi connectivity index (χ0n) is 21.6. The number of fused-ring (bicyclic) bond motifs is 1. The number of nitrogens with zero attached hydrogens (tertiary/aromatic N) is 4. The van der Waals surface area contributed by atoms with Crippen molar-refractivity contribution in [1.82, 2.24) is 25.6 Å². The summed E-state index contributed by atoms with van der Waals surface area (Å²) in [5.74, 6) is 1.27. The maximum atomic E-state index is 6.10. The fourth-order valence-corrected chi connectivity index (χ4v) is 4.92. The SMILES string of the molecule is CC(Oc1ccc(-c2cccc3cnc(Nc4ccc(N5CCNCC5)cc4)nc23)nc1)C1CNCCO1. The van der Waals surface area contributed by atoms with Gasteiger partial charge in [-0.05, 0) is 43.3 Å². The number of ether oxygens (including phenoxy) is 2. The third-order valence-corrected chi connectivity index (χ3v) is 7.03. The molecule has 9 nitrogen and oxygen atoms in total. The van der Waals surface area contributed by atoms with Gasteiger partial charge < -0.3 is 30.3 Å². The van der Waals surface area contributed by atoms with Gasteiger partial charge in [0.25, 0.3) is 0 Å². The second-order valence-corrected chi connectivity index (χ2v) is 9.66. The third kappa shape index (κ3) is 5.55. The summed E-state index contributed by atoms with van der Waals surface area (Å²) in [6, 6.07) is 18.4. The molecule has 2 saturated heterocycles. The van der Waals surface area contributed by atoms with Gasteiger partial charge in [-0.2, -0.15) is 0 Å². The Labute approximate surface area is 222 Å². The van der Waals surface area contributed by atoms with Crippen LogP contribution in [0, 0.1) is 0 Å². The second kappa shape index (κ2) is 11.3. The van der Waals surface area contributed by atoms with Gasteiger partial charge in [0.1, 0.15) is 18.0 Å². The molecule has 2 aromatic heterocycles. The maximum Gasteiger partial charge on any atom is 0.227 e. The molecule has 0 spiro atoms. The van der Waals surface area contributed by atoms with Crippen LogP contribution in [0.3, 0.4) is 0 Å². The summed E-state index contributed by atoms with van der Waals surface area (Å²) < 4.78 is 11.9. The number of aromatic nitrogens is 3. The zero-order valence-corrected chi connectivity index (χ0v) is 21.6. The van der Waals surface area contributed by atoms with Gasteiger partial charge >= 0.3 is 0 Å². The van der Waals surface area contributed by atoms with E-state index in [0.717, 1.165) is 72.9 Å². The largest absolute Gasteiger partial charge is 0.486 e. The summed E-state index contributed by atoms with van der Waals surface area (Å²) in [5, 5.41) is 11.1. The van der Waals surface area contributed by atoms with E-state index in [-0.39, 0.29) is 12.2 Å². The Kier molecular flexibility index (Phi) is 7.30. The molecule has 38 heavy (non-hydrogen) atoms. The number of nitrogens with one attached hydrogen (secondary N) is 3. The molecule has 6 rings (SSSR count). The van der Waals surface area contributed by atoms with E-state index in [1.165, 1.54) is 5.69 Å². The number of rotatable bonds is 7. The smallest absolute Gasteiger partial charge is 0.227 e. The number of morpholine rings is 1. The van der Waals surface area contributed by atoms with Gasteiger partial charge in [-0.15, -0.1) is 0 Å². The Morgan fingerprint density at radius 1 is 0.974 bits per heavy atom. The number of para-hydroxylation sites is 1. The van der Waals surface area contributed by atoms with E-state index in [1.54, 1.807) is 6.20 Å². The molecule has 2 unspecified atom stereocenters. The van der Waals surface area contributed by atoms with E-state index in [2.05, 4.69) is 50.1 Å². The van der Waals surface area contributed by atoms with E-state index >= 15 is 0 Å². The van der Waals surface area contributed by atoms with E-state index < -0.39 is 0 Å². The summed E-state index contributed by atoms with van der Waals surface area (Å²) in [6.07, 6.45) is 3.57. The highest BCUT2D eigenvalue weighted by atomic mass is 16.5. The lowest BCUT2D eigenvalue weighted by Crippen LogP contribution is -2.46. The molecule has 4 aromatic rings. The van der Waals surface area contributed by atoms with Crippen LogP contribution >= 0.6 is 0 Å². The molecule has 0 aliphatic carbocycles. The van der Waals surface area contributed by atoms with Crippen molar-refractivity contribution in [3.63, 3.8) is 0 Å². The average Bonchev–Trinajstić information content (AvgIpc) is 2.98. The minimum absolute atomic E-state index is 0.0300. The Bertz CT molecular complexity index is 1350. The highest BCUT2D eigenvalue weighted by Gasteiger charge is 2.22. The Balaban J connectivity index is 1.18. The first kappa shape index (κ1) is 24.5. The molecule has 4 heterocycles. The molecular weight excluding hydrogens is 478 g/mol. The summed E-state index contributed by atoms with van der Waals surface area (Å²) >= 11 is 0. The monoisotopic (exact) mass is 511 g/mol. The average molecular weight is 512 g/mol. The van der Waals surface area contributed by atoms with E-state index in [4.69, 9.17) is 19.4 Å². The number of pyridine rings is 1. The molecule has 2 atom stereocenters. The predicted molar refractivity (Wildman–Crippen MR) is 150 cm³/mol. The first-order valence-corrected chi connectivity index (χ1v) is 13.3. The number of hydrogen-bond acceptors (Lipinski definition) is 9. The van der Waals surface area contributed by atoms with Crippen molar-refractivity contribution in [2.24, 2.45) is 0 Å². The number of hydrogen-bond donors (Lipinski definition) is 3. The van der Waals surface area contributed by atoms with Crippen molar-refractivity contribution >= 4 is 28.2 Å². The van der Waals surface area contributed by atoms with Gasteiger partial charge in [0, 0.05) is 67.8 Å². The molecule has 2 aliphatic rings. The molecule has 0 radical (unpaired) electrons. The quantitative estimate of drug-likeness (QED) is 0.344. The first-order chi connectivity index (χ1) is 18.7. The van der Waals surface area contributed by atoms with Crippen molar-refractivity contribution in [1.29, 1.82) is 0 Å². The van der Waals surface area contributed by atoms with Crippen LogP contribution in [0.25, 0.3) is 22.2 Å². The molecule has 2 aliphatic heterocycles. The normalized spacial score (nSPS) is 18.8. The minimum atomic E-state index is -0.0692. The van der Waals surface area contributed by atoms with Gasteiger partial charge in [-0.25, -0.2) is 9.97 Å². The maximum absolute atomic E-state index is 6.10. The Morgan fingerprint density at radius 2 is 1.84 bits per heavy atom. The van der Waals surface area contributed by atoms with Crippen LogP contribution in [-0.4, -0.2) is 73.0 Å². The van der Waals surface area contributed by atoms with Gasteiger partial charge in [0.05, 0.1) is 24.0 Å². The molecule has 2 aromatic carbocycles. The van der Waals surface area contributed by atoms with Gasteiger partial charge in [-0.1, -0.05) is 18.2 Å². The lowest BCUT2D eigenvalue weighted by atomic mass is 10.1. The predicted octanol–water partition coefficient (Wildman–Crippen LogP) is 3.60. The fourth-order valence-electron chi connectivity index (χ4n) is 4.92. The van der Waals surface area contributed by atoms with Crippen LogP contribution in [-0.2, 0) is 4.74 Å². The second-order valence-electron chi connectivity index (χ2n) is 9.66.